The van der Waals surface area contributed by atoms with Crippen molar-refractivity contribution in [2.45, 2.75) is 32.7 Å². The Morgan fingerprint density at radius 2 is 2.24 bits per heavy atom. The summed E-state index contributed by atoms with van der Waals surface area (Å²) in [7, 11) is 0. The molecule has 0 heterocycles. The van der Waals surface area contributed by atoms with Crippen LogP contribution in [0.1, 0.15) is 26.7 Å². The Hall–Kier alpha value is -0.320. The molecule has 2 nitrogen and oxygen atoms in total. The summed E-state index contributed by atoms with van der Waals surface area (Å²) in [5.41, 5.74) is 0.888. The second kappa shape index (κ2) is 7.19. The third kappa shape index (κ3) is 5.23. The number of hydrogen-bond donors (Lipinski definition) is 2. The maximum Gasteiger partial charge on any atom is 0.170 e. The van der Waals surface area contributed by atoms with Crippen molar-refractivity contribution in [1.82, 2.24) is 5.32 Å². The number of hydrogen-bond acceptors (Lipinski definition) is 1. The largest absolute Gasteiger partial charge is 0.360 e. The van der Waals surface area contributed by atoms with Gasteiger partial charge in [0.25, 0.3) is 0 Å². The van der Waals surface area contributed by atoms with Gasteiger partial charge in [0.15, 0.2) is 5.11 Å². The molecule has 17 heavy (non-hydrogen) atoms. The van der Waals surface area contributed by atoms with E-state index in [0.29, 0.717) is 16.2 Å². The highest BCUT2D eigenvalue weighted by Crippen LogP contribution is 2.25. The van der Waals surface area contributed by atoms with Gasteiger partial charge in [0.05, 0.1) is 5.02 Å². The number of rotatable bonds is 4. The zero-order chi connectivity index (χ0) is 12.8. The van der Waals surface area contributed by atoms with E-state index in [2.05, 4.69) is 40.4 Å². The lowest BCUT2D eigenvalue weighted by Gasteiger charge is -2.16. The number of thiocarbonyl (C=S) groups is 1. The molecule has 1 atom stereocenters. The highest BCUT2D eigenvalue weighted by molar-refractivity contribution is 9.10. The molecule has 0 bridgehead atoms. The molecule has 1 aromatic carbocycles. The summed E-state index contributed by atoms with van der Waals surface area (Å²) in [5, 5.41) is 7.64. The second-order valence-electron chi connectivity index (χ2n) is 3.92. The minimum absolute atomic E-state index is 0.380. The van der Waals surface area contributed by atoms with E-state index in [0.717, 1.165) is 23.0 Å². The lowest BCUT2D eigenvalue weighted by Crippen LogP contribution is -2.35. The van der Waals surface area contributed by atoms with E-state index in [1.54, 1.807) is 0 Å². The molecule has 1 rings (SSSR count). The average Bonchev–Trinajstić information content (AvgIpc) is 2.23. The summed E-state index contributed by atoms with van der Waals surface area (Å²) in [4.78, 5) is 0. The van der Waals surface area contributed by atoms with Crippen LogP contribution in [-0.2, 0) is 0 Å². The Kier molecular flexibility index (Phi) is 6.23. The van der Waals surface area contributed by atoms with Crippen molar-refractivity contribution in [1.29, 1.82) is 0 Å². The van der Waals surface area contributed by atoms with Crippen LogP contribution in [-0.4, -0.2) is 11.2 Å². The minimum Gasteiger partial charge on any atom is -0.360 e. The van der Waals surface area contributed by atoms with Crippen molar-refractivity contribution >= 4 is 50.5 Å². The molecular weight excluding hydrogens is 320 g/mol. The SMILES string of the molecule is CCC[C@H](C)NC(=S)Nc1ccc(Br)c(Cl)c1. The van der Waals surface area contributed by atoms with Gasteiger partial charge in [0.1, 0.15) is 0 Å². The Labute approximate surface area is 121 Å². The number of nitrogens with one attached hydrogen (secondary N) is 2. The molecule has 0 saturated carbocycles. The number of benzene rings is 1. The maximum absolute atomic E-state index is 6.00. The van der Waals surface area contributed by atoms with E-state index in [1.165, 1.54) is 0 Å². The molecule has 94 valence electrons. The first-order valence-electron chi connectivity index (χ1n) is 5.55. The predicted octanol–water partition coefficient (Wildman–Crippen LogP) is 4.58. The van der Waals surface area contributed by atoms with Crippen molar-refractivity contribution in [2.75, 3.05) is 5.32 Å². The van der Waals surface area contributed by atoms with Crippen LogP contribution in [0.4, 0.5) is 5.69 Å². The van der Waals surface area contributed by atoms with Crippen LogP contribution in [0, 0.1) is 0 Å². The van der Waals surface area contributed by atoms with E-state index in [4.69, 9.17) is 23.8 Å². The number of anilines is 1. The van der Waals surface area contributed by atoms with Crippen LogP contribution in [0.25, 0.3) is 0 Å². The number of halogens is 2. The highest BCUT2D eigenvalue weighted by Gasteiger charge is 2.04. The van der Waals surface area contributed by atoms with E-state index >= 15 is 0 Å². The third-order valence-corrected chi connectivity index (χ3v) is 3.73. The molecule has 0 aliphatic heterocycles. The fourth-order valence-electron chi connectivity index (χ4n) is 1.47. The topological polar surface area (TPSA) is 24.1 Å². The average molecular weight is 336 g/mol. The fraction of sp³-hybridized carbons (Fsp3) is 0.417. The Morgan fingerprint density at radius 1 is 1.53 bits per heavy atom. The molecule has 0 amide bonds. The van der Waals surface area contributed by atoms with Crippen LogP contribution in [0.2, 0.25) is 5.02 Å². The maximum atomic E-state index is 6.00. The molecule has 0 unspecified atom stereocenters. The Balaban J connectivity index is 2.53. The summed E-state index contributed by atoms with van der Waals surface area (Å²) in [6.07, 6.45) is 2.24. The molecule has 0 saturated heterocycles. The molecule has 0 spiro atoms. The molecule has 2 N–H and O–H groups in total. The normalized spacial score (nSPS) is 12.0. The van der Waals surface area contributed by atoms with Gasteiger partial charge in [-0.25, -0.2) is 0 Å². The van der Waals surface area contributed by atoms with Gasteiger partial charge in [-0.1, -0.05) is 24.9 Å². The Bertz CT molecular complexity index is 398. The summed E-state index contributed by atoms with van der Waals surface area (Å²) in [6.45, 7) is 4.27. The van der Waals surface area contributed by atoms with Crippen LogP contribution in [0.15, 0.2) is 22.7 Å². The van der Waals surface area contributed by atoms with E-state index in [-0.39, 0.29) is 0 Å². The van der Waals surface area contributed by atoms with Crippen LogP contribution in [0.5, 0.6) is 0 Å². The summed E-state index contributed by atoms with van der Waals surface area (Å²) in [6, 6.07) is 6.03. The van der Waals surface area contributed by atoms with E-state index < -0.39 is 0 Å². The molecule has 5 heteroatoms. The summed E-state index contributed by atoms with van der Waals surface area (Å²) < 4.78 is 0.878. The van der Waals surface area contributed by atoms with Gasteiger partial charge in [-0.2, -0.15) is 0 Å². The lowest BCUT2D eigenvalue weighted by molar-refractivity contribution is 0.599. The Morgan fingerprint density at radius 3 is 2.82 bits per heavy atom. The first-order valence-corrected chi connectivity index (χ1v) is 7.13. The van der Waals surface area contributed by atoms with Crippen molar-refractivity contribution in [3.8, 4) is 0 Å². The van der Waals surface area contributed by atoms with Gasteiger partial charge in [-0.15, -0.1) is 0 Å². The summed E-state index contributed by atoms with van der Waals surface area (Å²) in [5.74, 6) is 0. The predicted molar refractivity (Wildman–Crippen MR) is 82.9 cm³/mol. The quantitative estimate of drug-likeness (QED) is 0.788. The zero-order valence-electron chi connectivity index (χ0n) is 9.89. The second-order valence-corrected chi connectivity index (χ2v) is 5.59. The highest BCUT2D eigenvalue weighted by atomic mass is 79.9. The fourth-order valence-corrected chi connectivity index (χ4v) is 2.22. The van der Waals surface area contributed by atoms with Crippen LogP contribution < -0.4 is 10.6 Å². The van der Waals surface area contributed by atoms with Gasteiger partial charge in [-0.05, 0) is 59.7 Å². The van der Waals surface area contributed by atoms with Crippen molar-refractivity contribution in [3.63, 3.8) is 0 Å². The minimum atomic E-state index is 0.380. The monoisotopic (exact) mass is 334 g/mol. The standard InChI is InChI=1S/C12H16BrClN2S/c1-3-4-8(2)15-12(17)16-9-5-6-10(13)11(14)7-9/h5-8H,3-4H2,1-2H3,(H2,15,16,17)/t8-/m0/s1. The smallest absolute Gasteiger partial charge is 0.170 e. The van der Waals surface area contributed by atoms with E-state index in [9.17, 15) is 0 Å². The van der Waals surface area contributed by atoms with Gasteiger partial charge < -0.3 is 10.6 Å². The van der Waals surface area contributed by atoms with Crippen molar-refractivity contribution in [2.24, 2.45) is 0 Å². The molecule has 0 radical (unpaired) electrons. The van der Waals surface area contributed by atoms with Crippen LogP contribution >= 0.6 is 39.7 Å². The van der Waals surface area contributed by atoms with Gasteiger partial charge in [-0.3, -0.25) is 0 Å². The van der Waals surface area contributed by atoms with Crippen molar-refractivity contribution in [3.05, 3.63) is 27.7 Å². The lowest BCUT2D eigenvalue weighted by atomic mass is 10.2. The van der Waals surface area contributed by atoms with Gasteiger partial charge >= 0.3 is 0 Å². The molecule has 0 aliphatic rings. The first-order chi connectivity index (χ1) is 8.02. The first kappa shape index (κ1) is 14.7. The molecular formula is C12H16BrClN2S. The van der Waals surface area contributed by atoms with Gasteiger partial charge in [0.2, 0.25) is 0 Å². The molecule has 0 aliphatic carbocycles. The third-order valence-electron chi connectivity index (χ3n) is 2.28. The summed E-state index contributed by atoms with van der Waals surface area (Å²) >= 11 is 14.6. The zero-order valence-corrected chi connectivity index (χ0v) is 13.0. The van der Waals surface area contributed by atoms with E-state index in [1.807, 2.05) is 18.2 Å². The van der Waals surface area contributed by atoms with Crippen molar-refractivity contribution < 1.29 is 0 Å². The van der Waals surface area contributed by atoms with Gasteiger partial charge in [0, 0.05) is 16.2 Å². The van der Waals surface area contributed by atoms with Crippen LogP contribution in [0.3, 0.4) is 0 Å². The molecule has 0 aromatic heterocycles. The molecule has 0 fully saturated rings. The molecule has 1 aromatic rings.